The van der Waals surface area contributed by atoms with Gasteiger partial charge >= 0.3 is 5.97 Å². The number of benzene rings is 1. The average molecular weight is 464 g/mol. The molecule has 5 nitrogen and oxygen atoms in total. The number of allylic oxidation sites excluding steroid dienone is 2. The number of carbonyl (C=O) groups excluding carboxylic acids is 2. The van der Waals surface area contributed by atoms with Crippen LogP contribution in [0.2, 0.25) is 0 Å². The molecule has 1 aliphatic heterocycles. The molecule has 3 atom stereocenters. The molecular formula is C27H29NO4S. The third-order valence-electron chi connectivity index (χ3n) is 7.08. The Morgan fingerprint density at radius 1 is 1.15 bits per heavy atom. The van der Waals surface area contributed by atoms with Gasteiger partial charge in [0.15, 0.2) is 5.78 Å². The minimum atomic E-state index is -0.654. The van der Waals surface area contributed by atoms with Crippen LogP contribution < -0.4 is 10.1 Å². The zero-order chi connectivity index (χ0) is 22.9. The molecule has 1 saturated carbocycles. The van der Waals surface area contributed by atoms with E-state index in [0.717, 1.165) is 43.4 Å². The Balaban J connectivity index is 1.55. The van der Waals surface area contributed by atoms with Gasteiger partial charge < -0.3 is 14.8 Å². The van der Waals surface area contributed by atoms with E-state index in [4.69, 9.17) is 9.47 Å². The molecule has 3 unspecified atom stereocenters. The fourth-order valence-electron chi connectivity index (χ4n) is 5.49. The number of esters is 1. The number of methoxy groups -OCH3 is 1. The fourth-order valence-corrected chi connectivity index (χ4v) is 6.32. The molecule has 0 amide bonds. The van der Waals surface area contributed by atoms with E-state index in [1.54, 1.807) is 18.4 Å². The lowest BCUT2D eigenvalue weighted by molar-refractivity contribution is -0.153. The van der Waals surface area contributed by atoms with E-state index in [0.29, 0.717) is 23.4 Å². The second kappa shape index (κ2) is 9.18. The van der Waals surface area contributed by atoms with Crippen molar-refractivity contribution >= 4 is 23.1 Å². The standard InChI is InChI=1S/C27H29NO4S/c1-16-24(27(30)32-19-8-3-4-9-19)25(17-7-5-10-20(13-17)31-2)26-21(28-16)14-18(15-22(26)29)23-11-6-12-33-23/h5-7,10-13,18-19,24-25,28H,1,3-4,8-9,14-15H2,2H3. The van der Waals surface area contributed by atoms with Gasteiger partial charge in [-0.3, -0.25) is 9.59 Å². The van der Waals surface area contributed by atoms with Crippen molar-refractivity contribution in [1.82, 2.24) is 5.32 Å². The Morgan fingerprint density at radius 3 is 2.70 bits per heavy atom. The van der Waals surface area contributed by atoms with Crippen LogP contribution in [0.3, 0.4) is 0 Å². The first-order chi connectivity index (χ1) is 16.0. The van der Waals surface area contributed by atoms with Gasteiger partial charge in [-0.05, 0) is 61.2 Å². The van der Waals surface area contributed by atoms with E-state index in [1.807, 2.05) is 35.7 Å². The Morgan fingerprint density at radius 2 is 1.97 bits per heavy atom. The highest BCUT2D eigenvalue weighted by Gasteiger charge is 2.46. The number of hydrogen-bond donors (Lipinski definition) is 1. The van der Waals surface area contributed by atoms with Gasteiger partial charge in [0.1, 0.15) is 17.8 Å². The molecule has 3 aliphatic rings. The lowest BCUT2D eigenvalue weighted by Gasteiger charge is -2.40. The lowest BCUT2D eigenvalue weighted by atomic mass is 9.69. The van der Waals surface area contributed by atoms with Crippen LogP contribution in [0.1, 0.15) is 60.8 Å². The van der Waals surface area contributed by atoms with Gasteiger partial charge in [-0.25, -0.2) is 0 Å². The molecular weight excluding hydrogens is 434 g/mol. The van der Waals surface area contributed by atoms with Gasteiger partial charge in [0.05, 0.1) is 7.11 Å². The Hall–Kier alpha value is -2.86. The number of carbonyl (C=O) groups is 2. The molecule has 172 valence electrons. The molecule has 0 bridgehead atoms. The van der Waals surface area contributed by atoms with E-state index in [9.17, 15) is 9.59 Å². The zero-order valence-corrected chi connectivity index (χ0v) is 19.7. The van der Waals surface area contributed by atoms with E-state index >= 15 is 0 Å². The molecule has 0 spiro atoms. The van der Waals surface area contributed by atoms with Crippen LogP contribution in [0.25, 0.3) is 0 Å². The number of thiophene rings is 1. The average Bonchev–Trinajstić information content (AvgIpc) is 3.52. The number of ketones is 1. The maximum Gasteiger partial charge on any atom is 0.316 e. The van der Waals surface area contributed by atoms with Gasteiger partial charge in [0.2, 0.25) is 0 Å². The van der Waals surface area contributed by atoms with Crippen molar-refractivity contribution in [3.05, 3.63) is 75.8 Å². The van der Waals surface area contributed by atoms with Gasteiger partial charge in [0.25, 0.3) is 0 Å². The van der Waals surface area contributed by atoms with Crippen molar-refractivity contribution in [2.24, 2.45) is 5.92 Å². The van der Waals surface area contributed by atoms with Crippen LogP contribution in [0.5, 0.6) is 5.75 Å². The molecule has 2 heterocycles. The Kier molecular flexibility index (Phi) is 6.11. The summed E-state index contributed by atoms with van der Waals surface area (Å²) in [6.45, 7) is 4.23. The number of Topliss-reactive ketones (excluding diaryl/α,β-unsaturated/α-hetero) is 1. The van der Waals surface area contributed by atoms with Crippen molar-refractivity contribution in [2.75, 3.05) is 7.11 Å². The lowest BCUT2D eigenvalue weighted by Crippen LogP contribution is -2.42. The summed E-state index contributed by atoms with van der Waals surface area (Å²) in [6.07, 6.45) is 5.09. The van der Waals surface area contributed by atoms with Gasteiger partial charge in [-0.15, -0.1) is 11.3 Å². The summed E-state index contributed by atoms with van der Waals surface area (Å²) >= 11 is 1.68. The van der Waals surface area contributed by atoms with E-state index in [2.05, 4.69) is 18.0 Å². The summed E-state index contributed by atoms with van der Waals surface area (Å²) in [5.74, 6) is -0.466. The quantitative estimate of drug-likeness (QED) is 0.597. The molecule has 0 saturated heterocycles. The highest BCUT2D eigenvalue weighted by atomic mass is 32.1. The highest BCUT2D eigenvalue weighted by Crippen LogP contribution is 2.48. The topological polar surface area (TPSA) is 64.6 Å². The minimum absolute atomic E-state index is 0.0445. The van der Waals surface area contributed by atoms with Crippen LogP contribution in [-0.2, 0) is 14.3 Å². The van der Waals surface area contributed by atoms with E-state index < -0.39 is 11.8 Å². The summed E-state index contributed by atoms with van der Waals surface area (Å²) < 4.78 is 11.4. The van der Waals surface area contributed by atoms with Crippen LogP contribution in [-0.4, -0.2) is 25.0 Å². The monoisotopic (exact) mass is 463 g/mol. The molecule has 1 aromatic carbocycles. The second-order valence-electron chi connectivity index (χ2n) is 9.16. The molecule has 5 rings (SSSR count). The molecule has 1 aromatic heterocycles. The zero-order valence-electron chi connectivity index (χ0n) is 18.8. The summed E-state index contributed by atoms with van der Waals surface area (Å²) in [6, 6.07) is 11.8. The third-order valence-corrected chi connectivity index (χ3v) is 8.11. The number of hydrogen-bond acceptors (Lipinski definition) is 6. The predicted molar refractivity (Wildman–Crippen MR) is 128 cm³/mol. The Bertz CT molecular complexity index is 1100. The van der Waals surface area contributed by atoms with Crippen molar-refractivity contribution in [3.63, 3.8) is 0 Å². The summed E-state index contributed by atoms with van der Waals surface area (Å²) in [7, 11) is 1.62. The molecule has 1 fully saturated rings. The first-order valence-corrected chi connectivity index (χ1v) is 12.5. The minimum Gasteiger partial charge on any atom is -0.497 e. The summed E-state index contributed by atoms with van der Waals surface area (Å²) in [5.41, 5.74) is 3.05. The van der Waals surface area contributed by atoms with Gasteiger partial charge in [-0.2, -0.15) is 0 Å². The van der Waals surface area contributed by atoms with Crippen LogP contribution in [0.4, 0.5) is 0 Å². The van der Waals surface area contributed by atoms with E-state index in [-0.39, 0.29) is 23.8 Å². The summed E-state index contributed by atoms with van der Waals surface area (Å²) in [5, 5.41) is 5.41. The van der Waals surface area contributed by atoms with Gasteiger partial charge in [0, 0.05) is 40.1 Å². The Labute approximate surface area is 198 Å². The predicted octanol–water partition coefficient (Wildman–Crippen LogP) is 5.46. The van der Waals surface area contributed by atoms with Crippen LogP contribution in [0.15, 0.2) is 65.3 Å². The molecule has 2 aromatic rings. The SMILES string of the molecule is C=C1NC2=C(C(=O)CC(c3cccs3)C2)C(c2cccc(OC)c2)C1C(=O)OC1CCCC1. The molecule has 6 heteroatoms. The molecule has 1 N–H and O–H groups in total. The van der Waals surface area contributed by atoms with Crippen LogP contribution >= 0.6 is 11.3 Å². The van der Waals surface area contributed by atoms with E-state index in [1.165, 1.54) is 4.88 Å². The highest BCUT2D eigenvalue weighted by molar-refractivity contribution is 7.10. The fraction of sp³-hybridized carbons (Fsp3) is 0.407. The number of ether oxygens (including phenoxy) is 2. The van der Waals surface area contributed by atoms with Crippen molar-refractivity contribution in [1.29, 1.82) is 0 Å². The second-order valence-corrected chi connectivity index (χ2v) is 10.1. The van der Waals surface area contributed by atoms with Crippen molar-refractivity contribution < 1.29 is 19.1 Å². The normalized spacial score (nSPS) is 25.5. The number of rotatable bonds is 5. The third kappa shape index (κ3) is 4.24. The molecule has 33 heavy (non-hydrogen) atoms. The number of nitrogens with one attached hydrogen (secondary N) is 1. The first-order valence-electron chi connectivity index (χ1n) is 11.6. The maximum absolute atomic E-state index is 13.6. The maximum atomic E-state index is 13.6. The molecule has 0 radical (unpaired) electrons. The van der Waals surface area contributed by atoms with Crippen molar-refractivity contribution in [2.45, 2.75) is 56.5 Å². The van der Waals surface area contributed by atoms with Crippen molar-refractivity contribution in [3.8, 4) is 5.75 Å². The smallest absolute Gasteiger partial charge is 0.316 e. The van der Waals surface area contributed by atoms with Crippen LogP contribution in [0, 0.1) is 5.92 Å². The molecule has 2 aliphatic carbocycles. The first kappa shape index (κ1) is 22.0. The van der Waals surface area contributed by atoms with Gasteiger partial charge in [-0.1, -0.05) is 24.8 Å². The largest absolute Gasteiger partial charge is 0.497 e. The summed E-state index contributed by atoms with van der Waals surface area (Å²) in [4.78, 5) is 28.2.